The number of rotatable bonds is 7. The Hall–Kier alpha value is -2.39. The minimum Gasteiger partial charge on any atom is -0.487 e. The standard InChI is InChI=1S/C27H33N2O3/c1-3-7-23(8-4-1)21-32-25-11-10-24(28-26(25)27-30-19-20-31-27)9-5-2-6-15-29-16-12-22(13-17-29)14-18-29/h1,3-4,7-8,10-11,22,27H,2,6,12-21H2/q+1. The van der Waals surface area contributed by atoms with Gasteiger partial charge < -0.3 is 18.7 Å². The number of nitrogens with zero attached hydrogens (tertiary/aromatic N) is 2. The number of hydrogen-bond donors (Lipinski definition) is 0. The van der Waals surface area contributed by atoms with Gasteiger partial charge in [0, 0.05) is 12.8 Å². The van der Waals surface area contributed by atoms with Crippen molar-refractivity contribution in [2.24, 2.45) is 5.92 Å². The van der Waals surface area contributed by atoms with Crippen LogP contribution in [0.15, 0.2) is 42.5 Å². The van der Waals surface area contributed by atoms with Crippen LogP contribution in [0.4, 0.5) is 0 Å². The smallest absolute Gasteiger partial charge is 0.205 e. The van der Waals surface area contributed by atoms with Gasteiger partial charge in [0.05, 0.1) is 39.4 Å². The maximum atomic E-state index is 6.06. The topological polar surface area (TPSA) is 40.6 Å². The molecule has 4 aliphatic rings. The number of quaternary nitrogens is 1. The normalized spacial score (nSPS) is 24.8. The molecule has 0 radical (unpaired) electrons. The van der Waals surface area contributed by atoms with E-state index in [-0.39, 0.29) is 0 Å². The monoisotopic (exact) mass is 433 g/mol. The molecule has 32 heavy (non-hydrogen) atoms. The van der Waals surface area contributed by atoms with Crippen LogP contribution in [0.2, 0.25) is 0 Å². The predicted octanol–water partition coefficient (Wildman–Crippen LogP) is 4.47. The Morgan fingerprint density at radius 1 is 0.969 bits per heavy atom. The highest BCUT2D eigenvalue weighted by Gasteiger charge is 2.38. The summed E-state index contributed by atoms with van der Waals surface area (Å²) in [5, 5.41) is 0. The molecule has 5 nitrogen and oxygen atoms in total. The lowest BCUT2D eigenvalue weighted by molar-refractivity contribution is -0.942. The van der Waals surface area contributed by atoms with E-state index in [1.165, 1.54) is 49.9 Å². The fourth-order valence-corrected chi connectivity index (χ4v) is 5.20. The zero-order chi connectivity index (χ0) is 21.6. The number of piperidine rings is 3. The number of unbranched alkanes of at least 4 members (excludes halogenated alkanes) is 1. The van der Waals surface area contributed by atoms with Gasteiger partial charge in [0.2, 0.25) is 6.29 Å². The molecule has 5 heteroatoms. The van der Waals surface area contributed by atoms with Crippen LogP contribution >= 0.6 is 0 Å². The van der Waals surface area contributed by atoms with E-state index >= 15 is 0 Å². The summed E-state index contributed by atoms with van der Waals surface area (Å²) in [4.78, 5) is 4.74. The highest BCUT2D eigenvalue weighted by Crippen LogP contribution is 2.34. The first-order valence-electron chi connectivity index (χ1n) is 12.0. The van der Waals surface area contributed by atoms with Crippen molar-refractivity contribution in [3.05, 3.63) is 59.4 Å². The minimum absolute atomic E-state index is 0.480. The molecule has 6 rings (SSSR count). The number of pyridine rings is 1. The Labute approximate surface area is 191 Å². The maximum Gasteiger partial charge on any atom is 0.205 e. The van der Waals surface area contributed by atoms with Crippen molar-refractivity contribution in [1.82, 2.24) is 4.98 Å². The molecule has 0 spiro atoms. The molecule has 0 aliphatic carbocycles. The fraction of sp³-hybridized carbons (Fsp3) is 0.519. The number of aromatic nitrogens is 1. The van der Waals surface area contributed by atoms with E-state index in [0.717, 1.165) is 30.0 Å². The van der Waals surface area contributed by atoms with Crippen LogP contribution in [0.25, 0.3) is 0 Å². The average Bonchev–Trinajstić information content (AvgIpc) is 3.40. The molecule has 4 fully saturated rings. The molecule has 2 aromatic rings. The van der Waals surface area contributed by atoms with Crippen molar-refractivity contribution in [2.45, 2.75) is 45.0 Å². The Balaban J connectivity index is 1.21. The van der Waals surface area contributed by atoms with Crippen LogP contribution in [0.1, 0.15) is 55.3 Å². The van der Waals surface area contributed by atoms with E-state index in [1.807, 2.05) is 42.5 Å². The lowest BCUT2D eigenvalue weighted by Crippen LogP contribution is -2.58. The van der Waals surface area contributed by atoms with E-state index in [2.05, 4.69) is 11.8 Å². The van der Waals surface area contributed by atoms with Crippen LogP contribution in [0.5, 0.6) is 5.75 Å². The second-order valence-electron chi connectivity index (χ2n) is 9.30. The molecule has 2 bridgehead atoms. The largest absolute Gasteiger partial charge is 0.487 e. The molecule has 1 aromatic heterocycles. The fourth-order valence-electron chi connectivity index (χ4n) is 5.20. The van der Waals surface area contributed by atoms with Crippen molar-refractivity contribution in [3.8, 4) is 17.6 Å². The molecular weight excluding hydrogens is 400 g/mol. The lowest BCUT2D eigenvalue weighted by atomic mass is 9.85. The number of fused-ring (bicyclic) bond motifs is 3. The summed E-state index contributed by atoms with van der Waals surface area (Å²) in [5.74, 6) is 8.31. The summed E-state index contributed by atoms with van der Waals surface area (Å²) in [5.41, 5.74) is 2.54. The third kappa shape index (κ3) is 5.15. The molecule has 0 saturated carbocycles. The Kier molecular flexibility index (Phi) is 6.73. The zero-order valence-electron chi connectivity index (χ0n) is 18.8. The maximum absolute atomic E-state index is 6.06. The van der Waals surface area contributed by atoms with E-state index in [0.29, 0.717) is 31.3 Å². The van der Waals surface area contributed by atoms with Crippen molar-refractivity contribution in [3.63, 3.8) is 0 Å². The van der Waals surface area contributed by atoms with Gasteiger partial charge in [-0.25, -0.2) is 4.98 Å². The first kappa shape index (κ1) is 21.5. The summed E-state index contributed by atoms with van der Waals surface area (Å²) < 4.78 is 18.8. The van der Waals surface area contributed by atoms with Crippen LogP contribution < -0.4 is 4.74 Å². The summed E-state index contributed by atoms with van der Waals surface area (Å²) in [6.45, 7) is 7.05. The van der Waals surface area contributed by atoms with Gasteiger partial charge in [-0.1, -0.05) is 36.3 Å². The van der Waals surface area contributed by atoms with Crippen LogP contribution in [0, 0.1) is 17.8 Å². The first-order valence-corrected chi connectivity index (χ1v) is 12.0. The van der Waals surface area contributed by atoms with E-state index < -0.39 is 6.29 Å². The van der Waals surface area contributed by atoms with Crippen molar-refractivity contribution in [1.29, 1.82) is 0 Å². The highest BCUT2D eigenvalue weighted by molar-refractivity contribution is 5.37. The van der Waals surface area contributed by atoms with Gasteiger partial charge in [-0.05, 0) is 48.8 Å². The average molecular weight is 434 g/mol. The van der Waals surface area contributed by atoms with Crippen LogP contribution in [-0.4, -0.2) is 48.9 Å². The van der Waals surface area contributed by atoms with E-state index in [1.54, 1.807) is 0 Å². The van der Waals surface area contributed by atoms with Gasteiger partial charge in [0.25, 0.3) is 0 Å². The Morgan fingerprint density at radius 3 is 2.47 bits per heavy atom. The van der Waals surface area contributed by atoms with Crippen LogP contribution in [0.3, 0.4) is 0 Å². The molecular formula is C27H33N2O3+. The predicted molar refractivity (Wildman–Crippen MR) is 123 cm³/mol. The molecule has 0 N–H and O–H groups in total. The third-order valence-corrected chi connectivity index (χ3v) is 7.15. The lowest BCUT2D eigenvalue weighted by Gasteiger charge is -2.49. The first-order chi connectivity index (χ1) is 15.8. The van der Waals surface area contributed by atoms with E-state index in [9.17, 15) is 0 Å². The SMILES string of the molecule is C(#Cc1ccc(OCc2ccccc2)c(C2OCCO2)n1)CCC[N+]12CCC(CC1)CC2. The Bertz CT molecular complexity index is 938. The number of ether oxygens (including phenoxy) is 3. The summed E-state index contributed by atoms with van der Waals surface area (Å²) >= 11 is 0. The van der Waals surface area contributed by atoms with Crippen molar-refractivity contribution < 1.29 is 18.7 Å². The molecule has 168 valence electrons. The molecule has 0 unspecified atom stereocenters. The molecule has 0 amide bonds. The minimum atomic E-state index is -0.486. The van der Waals surface area contributed by atoms with Gasteiger partial charge in [0.1, 0.15) is 23.7 Å². The second-order valence-corrected chi connectivity index (χ2v) is 9.30. The quantitative estimate of drug-likeness (QED) is 0.367. The summed E-state index contributed by atoms with van der Waals surface area (Å²) in [7, 11) is 0. The molecule has 4 aliphatic heterocycles. The van der Waals surface area contributed by atoms with Gasteiger partial charge in [-0.3, -0.25) is 0 Å². The summed E-state index contributed by atoms with van der Waals surface area (Å²) in [6, 6.07) is 14.0. The second kappa shape index (κ2) is 10.0. The molecule has 0 atom stereocenters. The van der Waals surface area contributed by atoms with Crippen molar-refractivity contribution >= 4 is 0 Å². The molecule has 1 aromatic carbocycles. The zero-order valence-corrected chi connectivity index (χ0v) is 18.8. The van der Waals surface area contributed by atoms with Gasteiger partial charge in [0.15, 0.2) is 0 Å². The van der Waals surface area contributed by atoms with Crippen molar-refractivity contribution in [2.75, 3.05) is 39.4 Å². The summed E-state index contributed by atoms with van der Waals surface area (Å²) in [6.07, 6.45) is 5.90. The van der Waals surface area contributed by atoms with Gasteiger partial charge in [-0.15, -0.1) is 0 Å². The number of hydrogen-bond acceptors (Lipinski definition) is 4. The van der Waals surface area contributed by atoms with Gasteiger partial charge >= 0.3 is 0 Å². The number of benzene rings is 1. The molecule has 5 heterocycles. The molecule has 4 saturated heterocycles. The third-order valence-electron chi connectivity index (χ3n) is 7.15. The Morgan fingerprint density at radius 2 is 1.72 bits per heavy atom. The highest BCUT2D eigenvalue weighted by atomic mass is 16.7. The van der Waals surface area contributed by atoms with E-state index in [4.69, 9.17) is 19.2 Å². The van der Waals surface area contributed by atoms with Crippen LogP contribution in [-0.2, 0) is 16.1 Å². The van der Waals surface area contributed by atoms with Gasteiger partial charge in [-0.2, -0.15) is 0 Å².